The highest BCUT2D eigenvalue weighted by Gasteiger charge is 2.23. The summed E-state index contributed by atoms with van der Waals surface area (Å²) in [5, 5.41) is 15.4. The first-order chi connectivity index (χ1) is 11.2. The fraction of sp³-hybridized carbons (Fsp3) is 0.300. The van der Waals surface area contributed by atoms with E-state index in [2.05, 4.69) is 60.3 Å². The van der Waals surface area contributed by atoms with Gasteiger partial charge in [0.1, 0.15) is 0 Å². The standard InChI is InChI=1S/C20H24N2O/c1-15(2)21-14-19(23)20(17-9-4-3-5-10-17)22-13-12-16-8-6-7-11-18(16)22/h3-13,15,19-21,23H,14H2,1-2H3/t19-,20+/m0/s1. The summed E-state index contributed by atoms with van der Waals surface area (Å²) in [6, 6.07) is 20.9. The zero-order valence-corrected chi connectivity index (χ0v) is 13.7. The van der Waals surface area contributed by atoms with Gasteiger partial charge in [-0.2, -0.15) is 0 Å². The van der Waals surface area contributed by atoms with Crippen molar-refractivity contribution in [2.45, 2.75) is 32.0 Å². The van der Waals surface area contributed by atoms with Crippen molar-refractivity contribution in [3.8, 4) is 0 Å². The van der Waals surface area contributed by atoms with Crippen molar-refractivity contribution in [2.24, 2.45) is 0 Å². The molecular formula is C20H24N2O. The minimum Gasteiger partial charge on any atom is -0.389 e. The zero-order valence-electron chi connectivity index (χ0n) is 13.7. The van der Waals surface area contributed by atoms with E-state index in [0.717, 1.165) is 11.1 Å². The maximum Gasteiger partial charge on any atom is 0.0912 e. The summed E-state index contributed by atoms with van der Waals surface area (Å²) in [4.78, 5) is 0. The lowest BCUT2D eigenvalue weighted by atomic mass is 10.0. The molecule has 0 radical (unpaired) electrons. The van der Waals surface area contributed by atoms with Crippen LogP contribution >= 0.6 is 0 Å². The Morgan fingerprint density at radius 3 is 2.39 bits per heavy atom. The van der Waals surface area contributed by atoms with E-state index in [4.69, 9.17) is 0 Å². The smallest absolute Gasteiger partial charge is 0.0912 e. The number of hydrogen-bond donors (Lipinski definition) is 2. The topological polar surface area (TPSA) is 37.2 Å². The number of hydrogen-bond acceptors (Lipinski definition) is 2. The first kappa shape index (κ1) is 15.8. The van der Waals surface area contributed by atoms with Crippen LogP contribution in [-0.4, -0.2) is 28.4 Å². The molecular weight excluding hydrogens is 284 g/mol. The van der Waals surface area contributed by atoms with Gasteiger partial charge in [0.05, 0.1) is 12.1 Å². The third-order valence-electron chi connectivity index (χ3n) is 4.17. The van der Waals surface area contributed by atoms with Crippen LogP contribution in [0, 0.1) is 0 Å². The summed E-state index contributed by atoms with van der Waals surface area (Å²) >= 11 is 0. The molecule has 0 aliphatic rings. The van der Waals surface area contributed by atoms with Gasteiger partial charge in [-0.25, -0.2) is 0 Å². The van der Waals surface area contributed by atoms with Crippen LogP contribution in [0.1, 0.15) is 25.5 Å². The largest absolute Gasteiger partial charge is 0.389 e. The van der Waals surface area contributed by atoms with E-state index in [9.17, 15) is 5.11 Å². The van der Waals surface area contributed by atoms with Gasteiger partial charge >= 0.3 is 0 Å². The molecule has 0 aliphatic heterocycles. The molecule has 2 atom stereocenters. The SMILES string of the molecule is CC(C)NC[C@H](O)[C@@H](c1ccccc1)n1ccc2ccccc21. The Kier molecular flexibility index (Phi) is 4.79. The molecule has 0 spiro atoms. The van der Waals surface area contributed by atoms with E-state index < -0.39 is 6.10 Å². The number of fused-ring (bicyclic) bond motifs is 1. The summed E-state index contributed by atoms with van der Waals surface area (Å²) in [7, 11) is 0. The van der Waals surface area contributed by atoms with Crippen LogP contribution in [0.25, 0.3) is 10.9 Å². The quantitative estimate of drug-likeness (QED) is 0.730. The molecule has 2 N–H and O–H groups in total. The van der Waals surface area contributed by atoms with Crippen molar-refractivity contribution in [3.05, 3.63) is 72.4 Å². The third-order valence-corrected chi connectivity index (χ3v) is 4.17. The Labute approximate surface area is 137 Å². The van der Waals surface area contributed by atoms with Gasteiger partial charge < -0.3 is 15.0 Å². The van der Waals surface area contributed by atoms with E-state index in [1.54, 1.807) is 0 Å². The highest BCUT2D eigenvalue weighted by Crippen LogP contribution is 2.27. The maximum atomic E-state index is 10.9. The van der Waals surface area contributed by atoms with Crippen molar-refractivity contribution in [2.75, 3.05) is 6.54 Å². The first-order valence-electron chi connectivity index (χ1n) is 8.19. The minimum absolute atomic E-state index is 0.109. The van der Waals surface area contributed by atoms with Gasteiger partial charge in [0.25, 0.3) is 0 Å². The second kappa shape index (κ2) is 6.99. The van der Waals surface area contributed by atoms with Gasteiger partial charge in [0.2, 0.25) is 0 Å². The Morgan fingerprint density at radius 2 is 1.65 bits per heavy atom. The van der Waals surface area contributed by atoms with E-state index in [1.807, 2.05) is 30.3 Å². The molecule has 0 saturated heterocycles. The first-order valence-corrected chi connectivity index (χ1v) is 8.19. The molecule has 0 amide bonds. The molecule has 2 aromatic carbocycles. The lowest BCUT2D eigenvalue weighted by Gasteiger charge is -2.27. The lowest BCUT2D eigenvalue weighted by molar-refractivity contribution is 0.127. The van der Waals surface area contributed by atoms with Crippen LogP contribution in [0.5, 0.6) is 0 Å². The maximum absolute atomic E-state index is 10.9. The molecule has 0 unspecified atom stereocenters. The molecule has 3 heteroatoms. The Hall–Kier alpha value is -2.10. The molecule has 0 aliphatic carbocycles. The summed E-state index contributed by atoms with van der Waals surface area (Å²) in [6.07, 6.45) is 1.57. The fourth-order valence-electron chi connectivity index (χ4n) is 3.03. The average Bonchev–Trinajstić information content (AvgIpc) is 2.98. The molecule has 3 aromatic rings. The van der Waals surface area contributed by atoms with Gasteiger partial charge in [0.15, 0.2) is 0 Å². The van der Waals surface area contributed by atoms with Crippen LogP contribution < -0.4 is 5.32 Å². The van der Waals surface area contributed by atoms with E-state index in [1.165, 1.54) is 5.39 Å². The second-order valence-corrected chi connectivity index (χ2v) is 6.27. The van der Waals surface area contributed by atoms with Crippen LogP contribution in [0.2, 0.25) is 0 Å². The van der Waals surface area contributed by atoms with Crippen molar-refractivity contribution in [3.63, 3.8) is 0 Å². The monoisotopic (exact) mass is 308 g/mol. The molecule has 0 fully saturated rings. The van der Waals surface area contributed by atoms with Crippen LogP contribution in [-0.2, 0) is 0 Å². The van der Waals surface area contributed by atoms with Crippen molar-refractivity contribution in [1.29, 1.82) is 0 Å². The Morgan fingerprint density at radius 1 is 0.957 bits per heavy atom. The Balaban J connectivity index is 2.01. The second-order valence-electron chi connectivity index (χ2n) is 6.27. The van der Waals surface area contributed by atoms with Gasteiger partial charge in [-0.05, 0) is 23.1 Å². The van der Waals surface area contributed by atoms with Crippen LogP contribution in [0.3, 0.4) is 0 Å². The van der Waals surface area contributed by atoms with Crippen molar-refractivity contribution < 1.29 is 5.11 Å². The number of rotatable bonds is 6. The molecule has 120 valence electrons. The van der Waals surface area contributed by atoms with Crippen molar-refractivity contribution in [1.82, 2.24) is 9.88 Å². The van der Waals surface area contributed by atoms with Gasteiger partial charge in [0, 0.05) is 24.3 Å². The average molecular weight is 308 g/mol. The van der Waals surface area contributed by atoms with Crippen LogP contribution in [0.4, 0.5) is 0 Å². The normalized spacial score (nSPS) is 14.3. The number of para-hydroxylation sites is 1. The van der Waals surface area contributed by atoms with Crippen LogP contribution in [0.15, 0.2) is 66.9 Å². The molecule has 0 bridgehead atoms. The highest BCUT2D eigenvalue weighted by molar-refractivity contribution is 5.80. The number of nitrogens with one attached hydrogen (secondary N) is 1. The number of aliphatic hydroxyl groups excluding tert-OH is 1. The number of aromatic nitrogens is 1. The van der Waals surface area contributed by atoms with E-state index >= 15 is 0 Å². The highest BCUT2D eigenvalue weighted by atomic mass is 16.3. The molecule has 23 heavy (non-hydrogen) atoms. The molecule has 3 rings (SSSR count). The summed E-state index contributed by atoms with van der Waals surface area (Å²) in [6.45, 7) is 4.74. The molecule has 3 nitrogen and oxygen atoms in total. The number of aliphatic hydroxyl groups is 1. The minimum atomic E-state index is -0.504. The van der Waals surface area contributed by atoms with Gasteiger partial charge in [-0.15, -0.1) is 0 Å². The van der Waals surface area contributed by atoms with Crippen molar-refractivity contribution >= 4 is 10.9 Å². The predicted octanol–water partition coefficient (Wildman–Crippen LogP) is 3.59. The number of nitrogens with zero attached hydrogens (tertiary/aromatic N) is 1. The molecule has 1 heterocycles. The lowest BCUT2D eigenvalue weighted by Crippen LogP contribution is -2.37. The predicted molar refractivity (Wildman–Crippen MR) is 95.7 cm³/mol. The summed E-state index contributed by atoms with van der Waals surface area (Å²) < 4.78 is 2.18. The third kappa shape index (κ3) is 3.46. The summed E-state index contributed by atoms with van der Waals surface area (Å²) in [5.41, 5.74) is 2.26. The van der Waals surface area contributed by atoms with E-state index in [-0.39, 0.29) is 6.04 Å². The number of benzene rings is 2. The molecule has 1 aromatic heterocycles. The van der Waals surface area contributed by atoms with E-state index in [0.29, 0.717) is 12.6 Å². The zero-order chi connectivity index (χ0) is 16.2. The van der Waals surface area contributed by atoms with Gasteiger partial charge in [-0.3, -0.25) is 0 Å². The fourth-order valence-corrected chi connectivity index (χ4v) is 3.03. The summed E-state index contributed by atoms with van der Waals surface area (Å²) in [5.74, 6) is 0. The Bertz CT molecular complexity index is 748. The molecule has 0 saturated carbocycles. The van der Waals surface area contributed by atoms with Gasteiger partial charge in [-0.1, -0.05) is 62.4 Å².